The van der Waals surface area contributed by atoms with E-state index in [1.165, 1.54) is 17.5 Å². The highest BCUT2D eigenvalue weighted by molar-refractivity contribution is 5.31. The van der Waals surface area contributed by atoms with Crippen molar-refractivity contribution in [3.05, 3.63) is 35.4 Å². The zero-order valence-corrected chi connectivity index (χ0v) is 9.30. The molecule has 76 valence electrons. The minimum atomic E-state index is 0.246. The first-order valence-electron chi connectivity index (χ1n) is 5.47. The smallest absolute Gasteiger partial charge is 0.0418 e. The van der Waals surface area contributed by atoms with Crippen molar-refractivity contribution in [2.24, 2.45) is 0 Å². The number of hydrogen-bond donors (Lipinski definition) is 1. The fourth-order valence-corrected chi connectivity index (χ4v) is 1.98. The molecular formula is C13H19N. The van der Waals surface area contributed by atoms with Gasteiger partial charge >= 0.3 is 0 Å². The molecule has 1 saturated heterocycles. The van der Waals surface area contributed by atoms with Crippen LogP contribution < -0.4 is 5.32 Å². The maximum absolute atomic E-state index is 3.49. The second-order valence-electron chi connectivity index (χ2n) is 4.79. The Balaban J connectivity index is 2.21. The first-order chi connectivity index (χ1) is 6.62. The number of hydrogen-bond acceptors (Lipinski definition) is 1. The summed E-state index contributed by atoms with van der Waals surface area (Å²) in [5.41, 5.74) is 3.10. The van der Waals surface area contributed by atoms with Crippen LogP contribution >= 0.6 is 0 Å². The second kappa shape index (κ2) is 3.39. The fraction of sp³-hybridized carbons (Fsp3) is 0.538. The van der Waals surface area contributed by atoms with Gasteiger partial charge < -0.3 is 5.32 Å². The molecule has 1 aliphatic rings. The Labute approximate surface area is 86.5 Å². The molecule has 0 aliphatic carbocycles. The SMILES string of the molecule is CC(C)c1ccc(C2(C)CCN2)cc1. The van der Waals surface area contributed by atoms with Crippen molar-refractivity contribution in [1.82, 2.24) is 5.32 Å². The summed E-state index contributed by atoms with van der Waals surface area (Å²) in [5.74, 6) is 0.631. The molecule has 0 radical (unpaired) electrons. The van der Waals surface area contributed by atoms with Crippen molar-refractivity contribution < 1.29 is 0 Å². The van der Waals surface area contributed by atoms with Crippen LogP contribution in [0.15, 0.2) is 24.3 Å². The molecular weight excluding hydrogens is 170 g/mol. The monoisotopic (exact) mass is 189 g/mol. The second-order valence-corrected chi connectivity index (χ2v) is 4.79. The van der Waals surface area contributed by atoms with E-state index in [4.69, 9.17) is 0 Å². The Kier molecular flexibility index (Phi) is 2.36. The minimum absolute atomic E-state index is 0.246. The third-order valence-corrected chi connectivity index (χ3v) is 3.35. The summed E-state index contributed by atoms with van der Waals surface area (Å²) in [5, 5.41) is 3.49. The molecule has 0 amide bonds. The lowest BCUT2D eigenvalue weighted by Gasteiger charge is -2.40. The van der Waals surface area contributed by atoms with Crippen LogP contribution in [0.1, 0.15) is 44.2 Å². The van der Waals surface area contributed by atoms with E-state index < -0.39 is 0 Å². The normalized spacial score (nSPS) is 26.3. The molecule has 1 aromatic rings. The summed E-state index contributed by atoms with van der Waals surface area (Å²) in [7, 11) is 0. The topological polar surface area (TPSA) is 12.0 Å². The van der Waals surface area contributed by atoms with Crippen molar-refractivity contribution in [2.75, 3.05) is 6.54 Å². The lowest BCUT2D eigenvalue weighted by molar-refractivity contribution is 0.237. The van der Waals surface area contributed by atoms with Gasteiger partial charge in [-0.1, -0.05) is 38.1 Å². The molecule has 1 atom stereocenters. The average Bonchev–Trinajstić information content (AvgIpc) is 2.14. The van der Waals surface area contributed by atoms with Gasteiger partial charge in [0.15, 0.2) is 0 Å². The number of nitrogens with one attached hydrogen (secondary N) is 1. The molecule has 1 heteroatoms. The molecule has 1 heterocycles. The Bertz CT molecular complexity index is 307. The fourth-order valence-electron chi connectivity index (χ4n) is 1.98. The molecule has 1 nitrogen and oxygen atoms in total. The Morgan fingerprint density at radius 2 is 1.79 bits per heavy atom. The van der Waals surface area contributed by atoms with Crippen LogP contribution in [0.5, 0.6) is 0 Å². The Morgan fingerprint density at radius 3 is 2.14 bits per heavy atom. The van der Waals surface area contributed by atoms with Gasteiger partial charge in [-0.05, 0) is 36.9 Å². The van der Waals surface area contributed by atoms with E-state index in [9.17, 15) is 0 Å². The Morgan fingerprint density at radius 1 is 1.21 bits per heavy atom. The van der Waals surface area contributed by atoms with E-state index in [0.717, 1.165) is 6.54 Å². The molecule has 1 aliphatic heterocycles. The first-order valence-corrected chi connectivity index (χ1v) is 5.47. The summed E-state index contributed by atoms with van der Waals surface area (Å²) >= 11 is 0. The van der Waals surface area contributed by atoms with Crippen LogP contribution in [-0.4, -0.2) is 6.54 Å². The van der Waals surface area contributed by atoms with Gasteiger partial charge in [-0.25, -0.2) is 0 Å². The van der Waals surface area contributed by atoms with Gasteiger partial charge in [0.2, 0.25) is 0 Å². The number of rotatable bonds is 2. The standard InChI is InChI=1S/C13H19N/c1-10(2)11-4-6-12(7-5-11)13(3)8-9-14-13/h4-7,10,14H,8-9H2,1-3H3. The van der Waals surface area contributed by atoms with Crippen molar-refractivity contribution in [3.63, 3.8) is 0 Å². The lowest BCUT2D eigenvalue weighted by Crippen LogP contribution is -2.51. The Hall–Kier alpha value is -0.820. The quantitative estimate of drug-likeness (QED) is 0.754. The minimum Gasteiger partial charge on any atom is -0.307 e. The van der Waals surface area contributed by atoms with Gasteiger partial charge in [0.1, 0.15) is 0 Å². The largest absolute Gasteiger partial charge is 0.307 e. The summed E-state index contributed by atoms with van der Waals surface area (Å²) in [6, 6.07) is 9.04. The van der Waals surface area contributed by atoms with Gasteiger partial charge in [0.25, 0.3) is 0 Å². The molecule has 0 aromatic heterocycles. The summed E-state index contributed by atoms with van der Waals surface area (Å²) in [6.45, 7) is 7.90. The van der Waals surface area contributed by atoms with E-state index in [2.05, 4.69) is 50.4 Å². The van der Waals surface area contributed by atoms with E-state index in [0.29, 0.717) is 5.92 Å². The third kappa shape index (κ3) is 1.57. The maximum atomic E-state index is 3.49. The van der Waals surface area contributed by atoms with Gasteiger partial charge in [0, 0.05) is 5.54 Å². The summed E-state index contributed by atoms with van der Waals surface area (Å²) < 4.78 is 0. The van der Waals surface area contributed by atoms with Crippen LogP contribution in [0.25, 0.3) is 0 Å². The zero-order valence-electron chi connectivity index (χ0n) is 9.30. The predicted molar refractivity (Wildman–Crippen MR) is 60.5 cm³/mol. The van der Waals surface area contributed by atoms with Crippen LogP contribution in [0, 0.1) is 0 Å². The zero-order chi connectivity index (χ0) is 10.2. The van der Waals surface area contributed by atoms with Gasteiger partial charge in [-0.2, -0.15) is 0 Å². The summed E-state index contributed by atoms with van der Waals surface area (Å²) in [6.07, 6.45) is 1.26. The van der Waals surface area contributed by atoms with E-state index in [-0.39, 0.29) is 5.54 Å². The average molecular weight is 189 g/mol. The first kappa shape index (κ1) is 9.72. The molecule has 0 spiro atoms. The molecule has 2 rings (SSSR count). The van der Waals surface area contributed by atoms with Crippen molar-refractivity contribution in [2.45, 2.75) is 38.6 Å². The maximum Gasteiger partial charge on any atom is 0.0418 e. The van der Waals surface area contributed by atoms with E-state index >= 15 is 0 Å². The van der Waals surface area contributed by atoms with Crippen LogP contribution in [0.2, 0.25) is 0 Å². The summed E-state index contributed by atoms with van der Waals surface area (Å²) in [4.78, 5) is 0. The van der Waals surface area contributed by atoms with Crippen LogP contribution in [0.4, 0.5) is 0 Å². The molecule has 0 bridgehead atoms. The molecule has 14 heavy (non-hydrogen) atoms. The van der Waals surface area contributed by atoms with Crippen molar-refractivity contribution >= 4 is 0 Å². The molecule has 1 aromatic carbocycles. The third-order valence-electron chi connectivity index (χ3n) is 3.35. The number of benzene rings is 1. The van der Waals surface area contributed by atoms with Crippen LogP contribution in [-0.2, 0) is 5.54 Å². The highest BCUT2D eigenvalue weighted by atomic mass is 15.0. The van der Waals surface area contributed by atoms with E-state index in [1.54, 1.807) is 0 Å². The highest BCUT2D eigenvalue weighted by Gasteiger charge is 2.32. The van der Waals surface area contributed by atoms with Gasteiger partial charge in [-0.15, -0.1) is 0 Å². The molecule has 1 fully saturated rings. The predicted octanol–water partition coefficient (Wildman–Crippen LogP) is 3.02. The van der Waals surface area contributed by atoms with Crippen molar-refractivity contribution in [1.29, 1.82) is 0 Å². The lowest BCUT2D eigenvalue weighted by atomic mass is 9.82. The van der Waals surface area contributed by atoms with E-state index in [1.807, 2.05) is 0 Å². The molecule has 0 saturated carbocycles. The van der Waals surface area contributed by atoms with Crippen LogP contribution in [0.3, 0.4) is 0 Å². The highest BCUT2D eigenvalue weighted by Crippen LogP contribution is 2.31. The molecule has 1 unspecified atom stereocenters. The van der Waals surface area contributed by atoms with Crippen molar-refractivity contribution in [3.8, 4) is 0 Å². The van der Waals surface area contributed by atoms with Gasteiger partial charge in [-0.3, -0.25) is 0 Å². The van der Waals surface area contributed by atoms with Gasteiger partial charge in [0.05, 0.1) is 0 Å². The molecule has 1 N–H and O–H groups in total.